The first-order chi connectivity index (χ1) is 6.83. The van der Waals surface area contributed by atoms with Gasteiger partial charge in [0.25, 0.3) is 0 Å². The van der Waals surface area contributed by atoms with Gasteiger partial charge in [-0.25, -0.2) is 0 Å². The van der Waals surface area contributed by atoms with Crippen LogP contribution in [-0.2, 0) is 0 Å². The van der Waals surface area contributed by atoms with Crippen LogP contribution in [0.15, 0.2) is 47.5 Å². The summed E-state index contributed by atoms with van der Waals surface area (Å²) in [7, 11) is 1.71. The van der Waals surface area contributed by atoms with E-state index in [0.29, 0.717) is 5.84 Å². The van der Waals surface area contributed by atoms with E-state index in [0.717, 1.165) is 10.9 Å². The standard InChI is InChI=1S/C12H12N2/c1-14-12(13)11-8-4-6-9-5-2-3-7-10(9)11/h2-8H,1H3,(H2,13,14). The Hall–Kier alpha value is -1.83. The van der Waals surface area contributed by atoms with E-state index in [4.69, 9.17) is 5.73 Å². The van der Waals surface area contributed by atoms with Crippen molar-refractivity contribution < 1.29 is 0 Å². The zero-order valence-electron chi connectivity index (χ0n) is 8.07. The van der Waals surface area contributed by atoms with Gasteiger partial charge < -0.3 is 5.73 Å². The highest BCUT2D eigenvalue weighted by molar-refractivity contribution is 6.08. The maximum atomic E-state index is 5.81. The third-order valence-electron chi connectivity index (χ3n) is 2.31. The largest absolute Gasteiger partial charge is 0.383 e. The molecule has 0 aromatic heterocycles. The highest BCUT2D eigenvalue weighted by Crippen LogP contribution is 2.17. The van der Waals surface area contributed by atoms with Crippen LogP contribution in [0.2, 0.25) is 0 Å². The van der Waals surface area contributed by atoms with E-state index >= 15 is 0 Å². The molecule has 0 fully saturated rings. The molecule has 2 aromatic carbocycles. The molecule has 2 rings (SSSR count). The molecule has 0 amide bonds. The van der Waals surface area contributed by atoms with Crippen LogP contribution in [0, 0.1) is 0 Å². The number of fused-ring (bicyclic) bond motifs is 1. The lowest BCUT2D eigenvalue weighted by Crippen LogP contribution is -2.13. The van der Waals surface area contributed by atoms with Crippen LogP contribution in [0.4, 0.5) is 0 Å². The minimum absolute atomic E-state index is 0.585. The van der Waals surface area contributed by atoms with Gasteiger partial charge in [0.05, 0.1) is 0 Å². The van der Waals surface area contributed by atoms with Crippen LogP contribution in [0.3, 0.4) is 0 Å². The molecule has 0 saturated carbocycles. The number of benzene rings is 2. The quantitative estimate of drug-likeness (QED) is 0.535. The second-order valence-electron chi connectivity index (χ2n) is 3.14. The molecule has 2 aromatic rings. The minimum Gasteiger partial charge on any atom is -0.383 e. The molecule has 70 valence electrons. The van der Waals surface area contributed by atoms with Gasteiger partial charge in [0.2, 0.25) is 0 Å². The lowest BCUT2D eigenvalue weighted by Gasteiger charge is -2.04. The monoisotopic (exact) mass is 184 g/mol. The summed E-state index contributed by atoms with van der Waals surface area (Å²) in [5.74, 6) is 0.585. The number of rotatable bonds is 1. The Balaban J connectivity index is 2.77. The van der Waals surface area contributed by atoms with Gasteiger partial charge in [0.15, 0.2) is 0 Å². The average molecular weight is 184 g/mol. The van der Waals surface area contributed by atoms with Gasteiger partial charge in [-0.15, -0.1) is 0 Å². The Morgan fingerprint density at radius 2 is 1.79 bits per heavy atom. The predicted octanol–water partition coefficient (Wildman–Crippen LogP) is 2.17. The molecule has 0 heterocycles. The van der Waals surface area contributed by atoms with E-state index in [1.54, 1.807) is 7.05 Å². The maximum Gasteiger partial charge on any atom is 0.125 e. The van der Waals surface area contributed by atoms with E-state index in [2.05, 4.69) is 23.2 Å². The van der Waals surface area contributed by atoms with Crippen molar-refractivity contribution in [1.82, 2.24) is 0 Å². The Morgan fingerprint density at radius 1 is 1.07 bits per heavy atom. The fraction of sp³-hybridized carbons (Fsp3) is 0.0833. The first-order valence-corrected chi connectivity index (χ1v) is 4.53. The molecule has 0 unspecified atom stereocenters. The summed E-state index contributed by atoms with van der Waals surface area (Å²) in [6, 6.07) is 14.2. The smallest absolute Gasteiger partial charge is 0.125 e. The first-order valence-electron chi connectivity index (χ1n) is 4.53. The molecule has 2 nitrogen and oxygen atoms in total. The summed E-state index contributed by atoms with van der Waals surface area (Å²) in [5, 5.41) is 2.34. The number of hydrogen-bond acceptors (Lipinski definition) is 1. The molecule has 2 heteroatoms. The van der Waals surface area contributed by atoms with E-state index < -0.39 is 0 Å². The van der Waals surface area contributed by atoms with Gasteiger partial charge in [0.1, 0.15) is 5.84 Å². The third kappa shape index (κ3) is 1.35. The molecular formula is C12H12N2. The van der Waals surface area contributed by atoms with Gasteiger partial charge >= 0.3 is 0 Å². The van der Waals surface area contributed by atoms with Crippen LogP contribution in [0.1, 0.15) is 5.56 Å². The molecule has 0 saturated heterocycles. The van der Waals surface area contributed by atoms with Crippen LogP contribution in [-0.4, -0.2) is 12.9 Å². The molecule has 0 radical (unpaired) electrons. The normalized spacial score (nSPS) is 11.9. The summed E-state index contributed by atoms with van der Waals surface area (Å²) in [4.78, 5) is 4.00. The average Bonchev–Trinajstić information content (AvgIpc) is 2.27. The Bertz CT molecular complexity index is 481. The summed E-state index contributed by atoms with van der Waals surface area (Å²) in [6.07, 6.45) is 0. The van der Waals surface area contributed by atoms with Crippen molar-refractivity contribution >= 4 is 16.6 Å². The van der Waals surface area contributed by atoms with Gasteiger partial charge in [-0.05, 0) is 10.8 Å². The van der Waals surface area contributed by atoms with Gasteiger partial charge in [-0.2, -0.15) is 0 Å². The van der Waals surface area contributed by atoms with Gasteiger partial charge in [-0.1, -0.05) is 42.5 Å². The minimum atomic E-state index is 0.585. The van der Waals surface area contributed by atoms with E-state index in [9.17, 15) is 0 Å². The third-order valence-corrected chi connectivity index (χ3v) is 2.31. The molecule has 0 spiro atoms. The van der Waals surface area contributed by atoms with Gasteiger partial charge in [-0.3, -0.25) is 4.99 Å². The molecule has 14 heavy (non-hydrogen) atoms. The Kier molecular flexibility index (Phi) is 2.19. The summed E-state index contributed by atoms with van der Waals surface area (Å²) in [6.45, 7) is 0. The van der Waals surface area contributed by atoms with Crippen LogP contribution in [0.25, 0.3) is 10.8 Å². The van der Waals surface area contributed by atoms with Crippen LogP contribution >= 0.6 is 0 Å². The van der Waals surface area contributed by atoms with Crippen molar-refractivity contribution in [3.8, 4) is 0 Å². The van der Waals surface area contributed by atoms with Crippen molar-refractivity contribution in [1.29, 1.82) is 0 Å². The topological polar surface area (TPSA) is 38.4 Å². The summed E-state index contributed by atoms with van der Waals surface area (Å²) in [5.41, 5.74) is 6.82. The Morgan fingerprint density at radius 3 is 2.57 bits per heavy atom. The van der Waals surface area contributed by atoms with E-state index in [1.165, 1.54) is 5.39 Å². The molecule has 0 bridgehead atoms. The zero-order valence-corrected chi connectivity index (χ0v) is 8.07. The van der Waals surface area contributed by atoms with Crippen molar-refractivity contribution in [2.24, 2.45) is 10.7 Å². The number of aliphatic imine (C=N–C) groups is 1. The molecule has 0 aliphatic rings. The fourth-order valence-electron chi connectivity index (χ4n) is 1.57. The van der Waals surface area contributed by atoms with Crippen molar-refractivity contribution in [3.05, 3.63) is 48.0 Å². The van der Waals surface area contributed by atoms with E-state index in [1.807, 2.05) is 24.3 Å². The Labute approximate surface area is 83.1 Å². The van der Waals surface area contributed by atoms with Crippen molar-refractivity contribution in [3.63, 3.8) is 0 Å². The molecular weight excluding hydrogens is 172 g/mol. The van der Waals surface area contributed by atoms with Crippen molar-refractivity contribution in [2.75, 3.05) is 7.05 Å². The van der Waals surface area contributed by atoms with E-state index in [-0.39, 0.29) is 0 Å². The first kappa shape index (κ1) is 8.75. The number of nitrogens with zero attached hydrogens (tertiary/aromatic N) is 1. The lowest BCUT2D eigenvalue weighted by atomic mass is 10.0. The van der Waals surface area contributed by atoms with Gasteiger partial charge in [0, 0.05) is 12.6 Å². The lowest BCUT2D eigenvalue weighted by molar-refractivity contribution is 1.40. The van der Waals surface area contributed by atoms with Crippen LogP contribution in [0.5, 0.6) is 0 Å². The predicted molar refractivity (Wildman–Crippen MR) is 60.6 cm³/mol. The maximum absolute atomic E-state index is 5.81. The SMILES string of the molecule is C/N=C(\N)c1cccc2ccccc12. The number of amidine groups is 1. The molecule has 0 aliphatic heterocycles. The van der Waals surface area contributed by atoms with Crippen LogP contribution < -0.4 is 5.73 Å². The summed E-state index contributed by atoms with van der Waals surface area (Å²) < 4.78 is 0. The number of hydrogen-bond donors (Lipinski definition) is 1. The fourth-order valence-corrected chi connectivity index (χ4v) is 1.57. The van der Waals surface area contributed by atoms with Crippen molar-refractivity contribution in [2.45, 2.75) is 0 Å². The molecule has 0 aliphatic carbocycles. The second-order valence-corrected chi connectivity index (χ2v) is 3.14. The number of nitrogens with two attached hydrogens (primary N) is 1. The highest BCUT2D eigenvalue weighted by Gasteiger charge is 2.02. The highest BCUT2D eigenvalue weighted by atomic mass is 14.8. The molecule has 2 N–H and O–H groups in total. The zero-order chi connectivity index (χ0) is 9.97. The second kappa shape index (κ2) is 3.50. The molecule has 0 atom stereocenters. The summed E-state index contributed by atoms with van der Waals surface area (Å²) >= 11 is 0.